The van der Waals surface area contributed by atoms with Crippen molar-refractivity contribution in [1.29, 1.82) is 0 Å². The number of ether oxygens (including phenoxy) is 1. The van der Waals surface area contributed by atoms with E-state index in [0.29, 0.717) is 35.5 Å². The number of nitrogens with one attached hydrogen (secondary N) is 3. The van der Waals surface area contributed by atoms with Crippen molar-refractivity contribution in [2.75, 3.05) is 11.9 Å². The number of aryl methyl sites for hydroxylation is 1. The monoisotopic (exact) mass is 728 g/mol. The van der Waals surface area contributed by atoms with E-state index in [-0.39, 0.29) is 38.4 Å². The largest absolute Gasteiger partial charge is 0.444 e. The van der Waals surface area contributed by atoms with Crippen LogP contribution >= 0.6 is 11.3 Å². The Bertz CT molecular complexity index is 1830. The summed E-state index contributed by atoms with van der Waals surface area (Å²) in [5, 5.41) is 7.91. The molecule has 3 N–H and O–H groups in total. The summed E-state index contributed by atoms with van der Waals surface area (Å²) in [6.45, 7) is 1.98. The number of anilines is 1. The first-order valence-corrected chi connectivity index (χ1v) is 19.6. The summed E-state index contributed by atoms with van der Waals surface area (Å²) >= 11 is 1.37. The van der Waals surface area contributed by atoms with Crippen LogP contribution in [-0.2, 0) is 42.2 Å². The molecule has 268 valence electrons. The molecule has 2 aromatic rings. The van der Waals surface area contributed by atoms with Crippen molar-refractivity contribution >= 4 is 50.3 Å². The third kappa shape index (κ3) is 7.09. The second-order valence-corrected chi connectivity index (χ2v) is 16.8. The van der Waals surface area contributed by atoms with Gasteiger partial charge in [0.25, 0.3) is 5.91 Å². The maximum absolute atomic E-state index is 14.4. The van der Waals surface area contributed by atoms with E-state index in [2.05, 4.69) is 20.3 Å². The van der Waals surface area contributed by atoms with Crippen molar-refractivity contribution in [3.05, 3.63) is 58.4 Å². The number of fused-ring (bicyclic) bond motifs is 3. The number of carbonyl (C=O) groups is 4. The van der Waals surface area contributed by atoms with E-state index in [1.165, 1.54) is 27.2 Å². The maximum Gasteiger partial charge on any atom is 0.410 e. The second-order valence-electron chi connectivity index (χ2n) is 14.0. The highest BCUT2D eigenvalue weighted by molar-refractivity contribution is 7.91. The van der Waals surface area contributed by atoms with E-state index in [1.807, 2.05) is 24.5 Å². The van der Waals surface area contributed by atoms with Crippen LogP contribution in [0.2, 0.25) is 0 Å². The molecule has 4 heterocycles. The fourth-order valence-electron chi connectivity index (χ4n) is 7.14. The van der Waals surface area contributed by atoms with Gasteiger partial charge in [0.05, 0.1) is 24.0 Å². The molecule has 0 bridgehead atoms. The van der Waals surface area contributed by atoms with Crippen molar-refractivity contribution in [3.63, 3.8) is 0 Å². The van der Waals surface area contributed by atoms with E-state index in [9.17, 15) is 32.0 Å². The Morgan fingerprint density at radius 1 is 1.14 bits per heavy atom. The molecule has 1 aromatic heterocycles. The van der Waals surface area contributed by atoms with Gasteiger partial charge in [-0.25, -0.2) is 22.6 Å². The molecule has 13 nitrogen and oxygen atoms in total. The Kier molecular flexibility index (Phi) is 9.35. The Hall–Kier alpha value is -4.05. The molecule has 2 aliphatic carbocycles. The quantitative estimate of drug-likeness (QED) is 0.378. The molecule has 2 saturated carbocycles. The highest BCUT2D eigenvalue weighted by Gasteiger charge is 2.62. The molecule has 0 unspecified atom stereocenters. The number of thiazole rings is 1. The topological polar surface area (TPSA) is 167 Å². The zero-order valence-electron chi connectivity index (χ0n) is 27.7. The van der Waals surface area contributed by atoms with E-state index in [1.54, 1.807) is 12.1 Å². The predicted molar refractivity (Wildman–Crippen MR) is 182 cm³/mol. The van der Waals surface area contributed by atoms with Crippen LogP contribution in [0.25, 0.3) is 0 Å². The fraction of sp³-hybridized carbons (Fsp3) is 0.559. The lowest BCUT2D eigenvalue weighted by atomic mass is 10.1. The van der Waals surface area contributed by atoms with Gasteiger partial charge in [0, 0.05) is 29.8 Å². The fourth-order valence-corrected chi connectivity index (χ4v) is 9.25. The van der Waals surface area contributed by atoms with Crippen LogP contribution in [0.1, 0.15) is 74.6 Å². The number of carbonyl (C=O) groups excluding carboxylic acids is 4. The number of sulfonamides is 1. The van der Waals surface area contributed by atoms with Gasteiger partial charge in [-0.3, -0.25) is 24.0 Å². The number of rotatable bonds is 6. The molecule has 0 radical (unpaired) electrons. The van der Waals surface area contributed by atoms with Crippen molar-refractivity contribution in [3.8, 4) is 0 Å². The lowest BCUT2D eigenvalue weighted by molar-refractivity contribution is -0.140. The molecule has 5 aliphatic rings. The van der Waals surface area contributed by atoms with Gasteiger partial charge >= 0.3 is 6.09 Å². The number of benzene rings is 1. The van der Waals surface area contributed by atoms with Gasteiger partial charge in [-0.1, -0.05) is 37.1 Å². The highest BCUT2D eigenvalue weighted by Crippen LogP contribution is 2.46. The first-order chi connectivity index (χ1) is 23.9. The van der Waals surface area contributed by atoms with Crippen LogP contribution in [0.5, 0.6) is 0 Å². The molecule has 16 heteroatoms. The van der Waals surface area contributed by atoms with Gasteiger partial charge in [0.15, 0.2) is 5.13 Å². The minimum Gasteiger partial charge on any atom is -0.444 e. The smallest absolute Gasteiger partial charge is 0.410 e. The van der Waals surface area contributed by atoms with E-state index in [4.69, 9.17) is 4.74 Å². The first-order valence-electron chi connectivity index (χ1n) is 17.2. The summed E-state index contributed by atoms with van der Waals surface area (Å²) in [5.41, 5.74) is 0.405. The number of amides is 4. The van der Waals surface area contributed by atoms with Gasteiger partial charge in [-0.2, -0.15) is 0 Å². The van der Waals surface area contributed by atoms with Gasteiger partial charge < -0.3 is 20.3 Å². The Labute approximate surface area is 294 Å². The minimum atomic E-state index is -3.88. The molecule has 1 saturated heterocycles. The second kappa shape index (κ2) is 13.6. The van der Waals surface area contributed by atoms with Crippen molar-refractivity contribution in [2.24, 2.45) is 5.92 Å². The Morgan fingerprint density at radius 3 is 2.70 bits per heavy atom. The summed E-state index contributed by atoms with van der Waals surface area (Å²) in [7, 11) is -3.88. The van der Waals surface area contributed by atoms with Gasteiger partial charge in [0.2, 0.25) is 21.8 Å². The van der Waals surface area contributed by atoms with Crippen LogP contribution < -0.4 is 15.4 Å². The van der Waals surface area contributed by atoms with Crippen molar-refractivity contribution < 1.29 is 36.7 Å². The Morgan fingerprint density at radius 2 is 1.96 bits per heavy atom. The van der Waals surface area contributed by atoms with Gasteiger partial charge in [0.1, 0.15) is 29.5 Å². The van der Waals surface area contributed by atoms with E-state index >= 15 is 0 Å². The molecule has 50 heavy (non-hydrogen) atoms. The summed E-state index contributed by atoms with van der Waals surface area (Å²) < 4.78 is 48.0. The van der Waals surface area contributed by atoms with Crippen LogP contribution in [-0.4, -0.2) is 82.5 Å². The molecule has 5 atom stereocenters. The van der Waals surface area contributed by atoms with Crippen molar-refractivity contribution in [2.45, 2.75) is 107 Å². The normalized spacial score (nSPS) is 28.4. The van der Waals surface area contributed by atoms with Crippen LogP contribution in [0.15, 0.2) is 35.7 Å². The molecule has 3 fully saturated rings. The zero-order chi connectivity index (χ0) is 35.2. The summed E-state index contributed by atoms with van der Waals surface area (Å²) in [5.74, 6) is -2.64. The summed E-state index contributed by atoms with van der Waals surface area (Å²) in [6, 6.07) is 2.83. The Balaban J connectivity index is 1.14. The van der Waals surface area contributed by atoms with Crippen LogP contribution in [0.4, 0.5) is 14.3 Å². The minimum absolute atomic E-state index is 0.0373. The average Bonchev–Trinajstić information content (AvgIpc) is 3.89. The third-order valence-corrected chi connectivity index (χ3v) is 12.9. The number of allylic oxidation sites excluding steroid dienone is 1. The SMILES string of the molecule is Cc1csc(N[C@H]2CCCCCC=C[C@@H]3C[C@@]3(C(=O)NS(=O)(=O)C3CC3)NC(=O)[C@@H]3C[C@@H](OC(=O)N4Cc5cccc(F)c5C4)CN3C2=O)n1. The number of nitrogens with zero attached hydrogens (tertiary/aromatic N) is 3. The van der Waals surface area contributed by atoms with Crippen molar-refractivity contribution in [1.82, 2.24) is 24.8 Å². The number of halogens is 1. The van der Waals surface area contributed by atoms with Crippen LogP contribution in [0.3, 0.4) is 0 Å². The average molecular weight is 729 g/mol. The number of hydrogen-bond donors (Lipinski definition) is 3. The molecule has 3 aliphatic heterocycles. The molecule has 0 spiro atoms. The first kappa shape index (κ1) is 34.4. The van der Waals surface area contributed by atoms with E-state index in [0.717, 1.165) is 31.4 Å². The maximum atomic E-state index is 14.4. The standard InChI is InChI=1S/C34H41FN6O7S2/c1-20-19-49-32(36-20)37-27-11-6-4-2-3-5-9-22-15-34(22,31(44)39-50(46,47)24-12-13-24)38-29(42)28-14-23(17-41(28)30(27)43)48-33(45)40-16-21-8-7-10-26(35)25(21)18-40/h5,7-10,19,22-24,27-28H,2-4,6,11-18H2,1H3,(H,36,37)(H,38,42)(H,39,44)/t22-,23-,27+,28+,34-/m1/s1. The summed E-state index contributed by atoms with van der Waals surface area (Å²) in [6.07, 6.45) is 6.98. The molecule has 7 rings (SSSR count). The third-order valence-electron chi connectivity index (χ3n) is 10.2. The van der Waals surface area contributed by atoms with E-state index < -0.39 is 68.6 Å². The number of aromatic nitrogens is 1. The van der Waals surface area contributed by atoms with Gasteiger partial charge in [-0.15, -0.1) is 11.3 Å². The molecule has 1 aromatic carbocycles. The lowest BCUT2D eigenvalue weighted by Gasteiger charge is -2.29. The predicted octanol–water partition coefficient (Wildman–Crippen LogP) is 3.50. The molecular weight excluding hydrogens is 688 g/mol. The van der Waals surface area contributed by atoms with Gasteiger partial charge in [-0.05, 0) is 57.1 Å². The zero-order valence-corrected chi connectivity index (χ0v) is 29.4. The van der Waals surface area contributed by atoms with Crippen LogP contribution in [0, 0.1) is 18.7 Å². The molecule has 4 amide bonds. The lowest BCUT2D eigenvalue weighted by Crippen LogP contribution is -2.57. The number of hydrogen-bond acceptors (Lipinski definition) is 10. The highest BCUT2D eigenvalue weighted by atomic mass is 32.2. The molecular formula is C34H41FN6O7S2. The summed E-state index contributed by atoms with van der Waals surface area (Å²) in [4.78, 5) is 62.7.